The van der Waals surface area contributed by atoms with E-state index in [0.717, 1.165) is 19.4 Å². The van der Waals surface area contributed by atoms with Gasteiger partial charge >= 0.3 is 0 Å². The number of amides is 1. The molecule has 2 aliphatic rings. The normalized spacial score (nSPS) is 25.1. The summed E-state index contributed by atoms with van der Waals surface area (Å²) in [4.78, 5) is 12.8. The van der Waals surface area contributed by atoms with Gasteiger partial charge in [0.15, 0.2) is 0 Å². The molecule has 0 saturated carbocycles. The molecule has 1 aromatic rings. The van der Waals surface area contributed by atoms with E-state index in [9.17, 15) is 13.2 Å². The minimum atomic E-state index is -3.53. The molecule has 2 aliphatic heterocycles. The van der Waals surface area contributed by atoms with Gasteiger partial charge in [-0.2, -0.15) is 4.31 Å². The molecular weight excluding hydrogens is 366 g/mol. The summed E-state index contributed by atoms with van der Waals surface area (Å²) in [6.07, 6.45) is 3.00. The lowest BCUT2D eigenvalue weighted by Gasteiger charge is -2.33. The minimum absolute atomic E-state index is 0.0654. The highest BCUT2D eigenvalue weighted by Crippen LogP contribution is 2.25. The summed E-state index contributed by atoms with van der Waals surface area (Å²) in [5.41, 5.74) is 0. The van der Waals surface area contributed by atoms with Crippen LogP contribution >= 0.6 is 0 Å². The molecule has 0 bridgehead atoms. The highest BCUT2D eigenvalue weighted by Gasteiger charge is 2.33. The van der Waals surface area contributed by atoms with E-state index in [0.29, 0.717) is 37.7 Å². The van der Waals surface area contributed by atoms with Gasteiger partial charge in [0.25, 0.3) is 0 Å². The lowest BCUT2D eigenvalue weighted by Crippen LogP contribution is -2.49. The zero-order valence-corrected chi connectivity index (χ0v) is 16.8. The van der Waals surface area contributed by atoms with Gasteiger partial charge in [-0.1, -0.05) is 0 Å². The highest BCUT2D eigenvalue weighted by atomic mass is 32.2. The minimum Gasteiger partial charge on any atom is -0.497 e. The fourth-order valence-electron chi connectivity index (χ4n) is 3.84. The van der Waals surface area contributed by atoms with Gasteiger partial charge in [0, 0.05) is 31.1 Å². The molecule has 2 N–H and O–H groups in total. The van der Waals surface area contributed by atoms with Crippen molar-refractivity contribution in [3.8, 4) is 5.75 Å². The summed E-state index contributed by atoms with van der Waals surface area (Å²) in [5, 5.41) is 6.53. The maximum Gasteiger partial charge on any atom is 0.243 e. The molecule has 27 heavy (non-hydrogen) atoms. The number of rotatable bonds is 5. The lowest BCUT2D eigenvalue weighted by molar-refractivity contribution is -0.127. The second kappa shape index (κ2) is 8.58. The number of nitrogens with zero attached hydrogens (tertiary/aromatic N) is 1. The van der Waals surface area contributed by atoms with Crippen LogP contribution in [0.4, 0.5) is 0 Å². The van der Waals surface area contributed by atoms with Crippen molar-refractivity contribution in [1.82, 2.24) is 14.9 Å². The van der Waals surface area contributed by atoms with Gasteiger partial charge in [-0.05, 0) is 63.4 Å². The number of sulfonamides is 1. The summed E-state index contributed by atoms with van der Waals surface area (Å²) < 4.78 is 32.1. The highest BCUT2D eigenvalue weighted by molar-refractivity contribution is 7.89. The molecule has 8 heteroatoms. The Kier molecular flexibility index (Phi) is 6.39. The van der Waals surface area contributed by atoms with Crippen LogP contribution in [0.5, 0.6) is 5.75 Å². The van der Waals surface area contributed by atoms with Crippen molar-refractivity contribution in [3.63, 3.8) is 0 Å². The molecule has 2 saturated heterocycles. The quantitative estimate of drug-likeness (QED) is 0.786. The van der Waals surface area contributed by atoms with Crippen molar-refractivity contribution < 1.29 is 17.9 Å². The number of methoxy groups -OCH3 is 1. The summed E-state index contributed by atoms with van der Waals surface area (Å²) >= 11 is 0. The SMILES string of the molecule is COc1ccc(S(=O)(=O)N2CCC(C(=O)NC3CCNC(C)C3)CC2)cc1. The first-order chi connectivity index (χ1) is 12.9. The topological polar surface area (TPSA) is 87.7 Å². The maximum absolute atomic E-state index is 12.8. The average Bonchev–Trinajstić information content (AvgIpc) is 2.68. The molecule has 3 rings (SSSR count). The third kappa shape index (κ3) is 4.80. The Bertz CT molecular complexity index is 743. The zero-order valence-electron chi connectivity index (χ0n) is 16.0. The summed E-state index contributed by atoms with van der Waals surface area (Å²) in [5.74, 6) is 0.574. The Morgan fingerprint density at radius 1 is 1.19 bits per heavy atom. The number of hydrogen-bond donors (Lipinski definition) is 2. The fraction of sp³-hybridized carbons (Fsp3) is 0.632. The van der Waals surface area contributed by atoms with E-state index in [4.69, 9.17) is 4.74 Å². The summed E-state index contributed by atoms with van der Waals surface area (Å²) in [7, 11) is -1.99. The smallest absolute Gasteiger partial charge is 0.243 e. The second-order valence-electron chi connectivity index (χ2n) is 7.44. The van der Waals surface area contributed by atoms with Crippen LogP contribution in [0.3, 0.4) is 0 Å². The fourth-order valence-corrected chi connectivity index (χ4v) is 5.31. The first kappa shape index (κ1) is 20.1. The van der Waals surface area contributed by atoms with Crippen LogP contribution in [0.15, 0.2) is 29.2 Å². The molecule has 0 spiro atoms. The molecular formula is C19H29N3O4S. The van der Waals surface area contributed by atoms with E-state index in [1.165, 1.54) is 4.31 Å². The standard InChI is InChI=1S/C19H29N3O4S/c1-14-13-16(7-10-20-14)21-19(23)15-8-11-22(12-9-15)27(24,25)18-5-3-17(26-2)4-6-18/h3-6,14-16,20H,7-13H2,1-2H3,(H,21,23). The Morgan fingerprint density at radius 3 is 2.44 bits per heavy atom. The monoisotopic (exact) mass is 395 g/mol. The van der Waals surface area contributed by atoms with Gasteiger partial charge in [-0.3, -0.25) is 4.79 Å². The number of benzene rings is 1. The number of carbonyl (C=O) groups is 1. The molecule has 1 aromatic carbocycles. The zero-order chi connectivity index (χ0) is 19.4. The van der Waals surface area contributed by atoms with Gasteiger partial charge < -0.3 is 15.4 Å². The molecule has 1 amide bonds. The van der Waals surface area contributed by atoms with Gasteiger partial charge in [0.2, 0.25) is 15.9 Å². The van der Waals surface area contributed by atoms with Crippen molar-refractivity contribution in [2.24, 2.45) is 5.92 Å². The van der Waals surface area contributed by atoms with Gasteiger partial charge in [0.1, 0.15) is 5.75 Å². The molecule has 2 atom stereocenters. The molecule has 0 radical (unpaired) electrons. The Morgan fingerprint density at radius 2 is 1.85 bits per heavy atom. The first-order valence-electron chi connectivity index (χ1n) is 9.58. The number of carbonyl (C=O) groups excluding carboxylic acids is 1. The molecule has 0 aliphatic carbocycles. The molecule has 7 nitrogen and oxygen atoms in total. The van der Waals surface area contributed by atoms with Crippen LogP contribution in [0, 0.1) is 5.92 Å². The first-order valence-corrected chi connectivity index (χ1v) is 11.0. The maximum atomic E-state index is 12.8. The third-order valence-corrected chi connectivity index (χ3v) is 7.40. The molecule has 2 heterocycles. The van der Waals surface area contributed by atoms with Crippen molar-refractivity contribution in [3.05, 3.63) is 24.3 Å². The van der Waals surface area contributed by atoms with Crippen LogP contribution in [0.25, 0.3) is 0 Å². The Hall–Kier alpha value is -1.64. The predicted molar refractivity (Wildman–Crippen MR) is 103 cm³/mol. The van der Waals surface area contributed by atoms with E-state index in [-0.39, 0.29) is 22.8 Å². The Labute approximate surface area is 161 Å². The van der Waals surface area contributed by atoms with Crippen LogP contribution < -0.4 is 15.4 Å². The van der Waals surface area contributed by atoms with E-state index in [2.05, 4.69) is 17.6 Å². The van der Waals surface area contributed by atoms with Crippen molar-refractivity contribution in [2.45, 2.75) is 49.6 Å². The summed E-state index contributed by atoms with van der Waals surface area (Å²) in [6, 6.07) is 7.05. The number of piperidine rings is 2. The number of ether oxygens (including phenoxy) is 1. The van der Waals surface area contributed by atoms with Gasteiger partial charge in [-0.25, -0.2) is 8.42 Å². The van der Waals surface area contributed by atoms with E-state index in [1.807, 2.05) is 0 Å². The number of hydrogen-bond acceptors (Lipinski definition) is 5. The molecule has 150 valence electrons. The van der Waals surface area contributed by atoms with Crippen LogP contribution in [0.2, 0.25) is 0 Å². The van der Waals surface area contributed by atoms with Crippen molar-refractivity contribution in [2.75, 3.05) is 26.7 Å². The molecule has 2 fully saturated rings. The van der Waals surface area contributed by atoms with Crippen LogP contribution in [0.1, 0.15) is 32.6 Å². The van der Waals surface area contributed by atoms with Crippen LogP contribution in [-0.2, 0) is 14.8 Å². The van der Waals surface area contributed by atoms with Crippen LogP contribution in [-0.4, -0.2) is 57.5 Å². The van der Waals surface area contributed by atoms with E-state index >= 15 is 0 Å². The van der Waals surface area contributed by atoms with Crippen molar-refractivity contribution in [1.29, 1.82) is 0 Å². The van der Waals surface area contributed by atoms with Gasteiger partial charge in [-0.15, -0.1) is 0 Å². The summed E-state index contributed by atoms with van der Waals surface area (Å²) in [6.45, 7) is 3.79. The molecule has 0 aromatic heterocycles. The lowest BCUT2D eigenvalue weighted by atomic mass is 9.95. The largest absolute Gasteiger partial charge is 0.497 e. The molecule has 2 unspecified atom stereocenters. The predicted octanol–water partition coefficient (Wildman–Crippen LogP) is 1.35. The number of nitrogens with one attached hydrogen (secondary N) is 2. The van der Waals surface area contributed by atoms with Gasteiger partial charge in [0.05, 0.1) is 12.0 Å². The third-order valence-electron chi connectivity index (χ3n) is 5.49. The average molecular weight is 396 g/mol. The van der Waals surface area contributed by atoms with E-state index < -0.39 is 10.0 Å². The second-order valence-corrected chi connectivity index (χ2v) is 9.38. The Balaban J connectivity index is 1.55. The van der Waals surface area contributed by atoms with Crippen molar-refractivity contribution >= 4 is 15.9 Å². The van der Waals surface area contributed by atoms with E-state index in [1.54, 1.807) is 31.4 Å².